The molecule has 0 radical (unpaired) electrons. The van der Waals surface area contributed by atoms with E-state index < -0.39 is 0 Å². The summed E-state index contributed by atoms with van der Waals surface area (Å²) in [5, 5.41) is 0. The van der Waals surface area contributed by atoms with E-state index in [1.165, 1.54) is 64.8 Å². The second-order valence-corrected chi connectivity index (χ2v) is 7.57. The SMILES string of the molecule is CC1CCC(OCCCOCCCN2CCCN(C)CC2)CC1. The van der Waals surface area contributed by atoms with Crippen molar-refractivity contribution in [2.75, 3.05) is 59.6 Å². The molecule has 0 unspecified atom stereocenters. The molecule has 4 nitrogen and oxygen atoms in total. The van der Waals surface area contributed by atoms with Crippen LogP contribution in [0.4, 0.5) is 0 Å². The lowest BCUT2D eigenvalue weighted by molar-refractivity contribution is 0.00655. The van der Waals surface area contributed by atoms with Crippen LogP contribution in [0.5, 0.6) is 0 Å². The fourth-order valence-corrected chi connectivity index (χ4v) is 3.62. The van der Waals surface area contributed by atoms with Gasteiger partial charge in [0.1, 0.15) is 0 Å². The standard InChI is InChI=1S/C19H38N2O2/c1-18-6-8-19(9-7-18)23-17-5-16-22-15-4-12-21-11-3-10-20(2)13-14-21/h18-19H,3-17H2,1-2H3. The third-order valence-corrected chi connectivity index (χ3v) is 5.32. The lowest BCUT2D eigenvalue weighted by Crippen LogP contribution is -2.30. The van der Waals surface area contributed by atoms with Crippen molar-refractivity contribution in [3.05, 3.63) is 0 Å². The van der Waals surface area contributed by atoms with E-state index in [2.05, 4.69) is 23.8 Å². The zero-order valence-electron chi connectivity index (χ0n) is 15.5. The molecule has 0 bridgehead atoms. The first-order valence-corrected chi connectivity index (χ1v) is 9.84. The fraction of sp³-hybridized carbons (Fsp3) is 1.00. The van der Waals surface area contributed by atoms with Gasteiger partial charge in [0, 0.05) is 39.5 Å². The van der Waals surface area contributed by atoms with Crippen LogP contribution in [0.2, 0.25) is 0 Å². The summed E-state index contributed by atoms with van der Waals surface area (Å²) in [5.74, 6) is 0.905. The van der Waals surface area contributed by atoms with E-state index in [1.54, 1.807) is 0 Å². The number of nitrogens with zero attached hydrogens (tertiary/aromatic N) is 2. The van der Waals surface area contributed by atoms with Crippen LogP contribution in [0, 0.1) is 5.92 Å². The van der Waals surface area contributed by atoms with E-state index in [0.29, 0.717) is 6.10 Å². The molecule has 0 atom stereocenters. The number of rotatable bonds is 9. The van der Waals surface area contributed by atoms with Crippen molar-refractivity contribution in [3.63, 3.8) is 0 Å². The van der Waals surface area contributed by atoms with Crippen molar-refractivity contribution in [3.8, 4) is 0 Å². The van der Waals surface area contributed by atoms with E-state index in [0.717, 1.165) is 38.6 Å². The van der Waals surface area contributed by atoms with Crippen LogP contribution in [-0.4, -0.2) is 75.5 Å². The summed E-state index contributed by atoms with van der Waals surface area (Å²) in [4.78, 5) is 5.02. The van der Waals surface area contributed by atoms with Crippen LogP contribution in [0.1, 0.15) is 51.9 Å². The van der Waals surface area contributed by atoms with Crippen LogP contribution in [-0.2, 0) is 9.47 Å². The molecule has 0 N–H and O–H groups in total. The quantitative estimate of drug-likeness (QED) is 0.608. The molecule has 0 amide bonds. The van der Waals surface area contributed by atoms with Crippen molar-refractivity contribution < 1.29 is 9.47 Å². The average Bonchev–Trinajstić information content (AvgIpc) is 2.76. The number of hydrogen-bond donors (Lipinski definition) is 0. The molecule has 4 heteroatoms. The van der Waals surface area contributed by atoms with Crippen LogP contribution < -0.4 is 0 Å². The van der Waals surface area contributed by atoms with Gasteiger partial charge in [-0.05, 0) is 71.0 Å². The molecule has 0 aromatic rings. The Hall–Kier alpha value is -0.160. The second kappa shape index (κ2) is 11.4. The minimum absolute atomic E-state index is 0.521. The summed E-state index contributed by atoms with van der Waals surface area (Å²) in [7, 11) is 2.22. The zero-order valence-corrected chi connectivity index (χ0v) is 15.5. The highest BCUT2D eigenvalue weighted by Gasteiger charge is 2.18. The van der Waals surface area contributed by atoms with Gasteiger partial charge in [-0.1, -0.05) is 6.92 Å². The van der Waals surface area contributed by atoms with Crippen molar-refractivity contribution >= 4 is 0 Å². The lowest BCUT2D eigenvalue weighted by atomic mass is 9.89. The van der Waals surface area contributed by atoms with Gasteiger partial charge in [-0.25, -0.2) is 0 Å². The highest BCUT2D eigenvalue weighted by atomic mass is 16.5. The summed E-state index contributed by atoms with van der Waals surface area (Å²) in [6.07, 6.45) is 9.22. The highest BCUT2D eigenvalue weighted by molar-refractivity contribution is 4.70. The van der Waals surface area contributed by atoms with Gasteiger partial charge in [-0.2, -0.15) is 0 Å². The lowest BCUT2D eigenvalue weighted by Gasteiger charge is -2.26. The first-order valence-electron chi connectivity index (χ1n) is 9.84. The van der Waals surface area contributed by atoms with Gasteiger partial charge >= 0.3 is 0 Å². The van der Waals surface area contributed by atoms with E-state index in [4.69, 9.17) is 9.47 Å². The largest absolute Gasteiger partial charge is 0.381 e. The Kier molecular flexibility index (Phi) is 9.50. The minimum atomic E-state index is 0.521. The van der Waals surface area contributed by atoms with Crippen molar-refractivity contribution in [1.82, 2.24) is 9.80 Å². The maximum Gasteiger partial charge on any atom is 0.0575 e. The summed E-state index contributed by atoms with van der Waals surface area (Å²) in [6, 6.07) is 0. The molecule has 1 aliphatic heterocycles. The molecule has 1 aliphatic carbocycles. The molecule has 1 heterocycles. The maximum absolute atomic E-state index is 5.96. The predicted octanol–water partition coefficient (Wildman–Crippen LogP) is 3.02. The van der Waals surface area contributed by atoms with Gasteiger partial charge in [0.05, 0.1) is 6.10 Å². The van der Waals surface area contributed by atoms with Gasteiger partial charge in [0.25, 0.3) is 0 Å². The predicted molar refractivity (Wildman–Crippen MR) is 96.0 cm³/mol. The average molecular weight is 327 g/mol. The molecule has 136 valence electrons. The van der Waals surface area contributed by atoms with Crippen LogP contribution >= 0.6 is 0 Å². The molecule has 2 rings (SSSR count). The van der Waals surface area contributed by atoms with Gasteiger partial charge in [0.2, 0.25) is 0 Å². The molecule has 1 saturated heterocycles. The Morgan fingerprint density at radius 3 is 2.48 bits per heavy atom. The molecule has 0 aromatic heterocycles. The van der Waals surface area contributed by atoms with E-state index >= 15 is 0 Å². The van der Waals surface area contributed by atoms with Gasteiger partial charge in [0.15, 0.2) is 0 Å². The Bertz CT molecular complexity index is 293. The third-order valence-electron chi connectivity index (χ3n) is 5.32. The van der Waals surface area contributed by atoms with Crippen molar-refractivity contribution in [2.24, 2.45) is 5.92 Å². The number of likely N-dealkylation sites (N-methyl/N-ethyl adjacent to an activating group) is 1. The third kappa shape index (κ3) is 8.48. The molecular formula is C19H38N2O2. The van der Waals surface area contributed by atoms with Crippen LogP contribution in [0.25, 0.3) is 0 Å². The van der Waals surface area contributed by atoms with E-state index in [9.17, 15) is 0 Å². The molecule has 1 saturated carbocycles. The smallest absolute Gasteiger partial charge is 0.0575 e. The topological polar surface area (TPSA) is 24.9 Å². The molecular weight excluding hydrogens is 288 g/mol. The van der Waals surface area contributed by atoms with Crippen molar-refractivity contribution in [2.45, 2.75) is 58.0 Å². The molecule has 23 heavy (non-hydrogen) atoms. The number of ether oxygens (including phenoxy) is 2. The maximum atomic E-state index is 5.96. The fourth-order valence-electron chi connectivity index (χ4n) is 3.62. The Morgan fingerprint density at radius 2 is 1.65 bits per heavy atom. The molecule has 2 fully saturated rings. The van der Waals surface area contributed by atoms with E-state index in [1.807, 2.05) is 0 Å². The zero-order chi connectivity index (χ0) is 16.3. The summed E-state index contributed by atoms with van der Waals surface area (Å²) >= 11 is 0. The summed E-state index contributed by atoms with van der Waals surface area (Å²) < 4.78 is 11.7. The minimum Gasteiger partial charge on any atom is -0.381 e. The monoisotopic (exact) mass is 326 g/mol. The summed E-state index contributed by atoms with van der Waals surface area (Å²) in [5.41, 5.74) is 0. The second-order valence-electron chi connectivity index (χ2n) is 7.57. The van der Waals surface area contributed by atoms with Crippen LogP contribution in [0.15, 0.2) is 0 Å². The Labute approximate surface area is 143 Å². The Morgan fingerprint density at radius 1 is 0.870 bits per heavy atom. The molecule has 2 aliphatic rings. The highest BCUT2D eigenvalue weighted by Crippen LogP contribution is 2.25. The normalized spacial score (nSPS) is 27.9. The van der Waals surface area contributed by atoms with Gasteiger partial charge in [-0.3, -0.25) is 0 Å². The molecule has 0 aromatic carbocycles. The summed E-state index contributed by atoms with van der Waals surface area (Å²) in [6.45, 7) is 11.1. The van der Waals surface area contributed by atoms with E-state index in [-0.39, 0.29) is 0 Å². The van der Waals surface area contributed by atoms with Gasteiger partial charge < -0.3 is 19.3 Å². The van der Waals surface area contributed by atoms with Crippen LogP contribution in [0.3, 0.4) is 0 Å². The first-order chi connectivity index (χ1) is 11.2. The number of hydrogen-bond acceptors (Lipinski definition) is 4. The van der Waals surface area contributed by atoms with Gasteiger partial charge in [-0.15, -0.1) is 0 Å². The first kappa shape index (κ1) is 19.2. The Balaban J connectivity index is 1.37. The molecule has 0 spiro atoms. The van der Waals surface area contributed by atoms with Crippen molar-refractivity contribution in [1.29, 1.82) is 0 Å².